The van der Waals surface area contributed by atoms with E-state index in [0.717, 1.165) is 63.4 Å². The number of hydrogen-bond acceptors (Lipinski definition) is 5. The van der Waals surface area contributed by atoms with E-state index in [1.165, 1.54) is 11.8 Å². The lowest BCUT2D eigenvalue weighted by Crippen LogP contribution is -2.54. The molecule has 1 saturated carbocycles. The summed E-state index contributed by atoms with van der Waals surface area (Å²) in [6.45, 7) is 17.4. The van der Waals surface area contributed by atoms with Crippen molar-refractivity contribution < 1.29 is 22.7 Å². The minimum atomic E-state index is -3.22. The van der Waals surface area contributed by atoms with Crippen molar-refractivity contribution in [3.05, 3.63) is 47.0 Å². The third kappa shape index (κ3) is 7.10. The van der Waals surface area contributed by atoms with E-state index in [2.05, 4.69) is 53.2 Å². The molecule has 1 aromatic carbocycles. The van der Waals surface area contributed by atoms with Gasteiger partial charge in [0.15, 0.2) is 0 Å². The largest absolute Gasteiger partial charge is 0.445 e. The number of likely N-dealkylation sites (tertiary alicyclic amines) is 1. The number of carbonyl (C=O) groups excluding carboxylic acids is 1. The summed E-state index contributed by atoms with van der Waals surface area (Å²) in [6.07, 6.45) is 10.2. The summed E-state index contributed by atoms with van der Waals surface area (Å²) in [6, 6.07) is 9.95. The highest BCUT2D eigenvalue weighted by atomic mass is 32.2. The van der Waals surface area contributed by atoms with Crippen molar-refractivity contribution in [2.24, 2.45) is 35.0 Å². The zero-order chi connectivity index (χ0) is 33.4. The first-order chi connectivity index (χ1) is 21.7. The minimum Gasteiger partial charge on any atom is -0.445 e. The molecule has 7 nitrogen and oxygen atoms in total. The van der Waals surface area contributed by atoms with E-state index in [9.17, 15) is 13.2 Å². The fraction of sp³-hybridized carbons (Fsp3) is 0.763. The van der Waals surface area contributed by atoms with Gasteiger partial charge in [0.1, 0.15) is 6.61 Å². The molecule has 5 rings (SSSR count). The van der Waals surface area contributed by atoms with Crippen molar-refractivity contribution in [1.29, 1.82) is 0 Å². The normalized spacial score (nSPS) is 37.3. The van der Waals surface area contributed by atoms with Gasteiger partial charge in [-0.15, -0.1) is 0 Å². The molecule has 1 amide bonds. The number of amides is 1. The second-order valence-corrected chi connectivity index (χ2v) is 17.7. The predicted octanol–water partition coefficient (Wildman–Crippen LogP) is 8.10. The molecule has 0 bridgehead atoms. The third-order valence-electron chi connectivity index (χ3n) is 12.8. The number of hydrogen-bond donors (Lipinski definition) is 1. The first-order valence-electron chi connectivity index (χ1n) is 18.0. The number of fused-ring (bicyclic) bond motifs is 1. The molecule has 10 atom stereocenters. The molecule has 3 fully saturated rings. The Morgan fingerprint density at radius 2 is 1.85 bits per heavy atom. The van der Waals surface area contributed by atoms with Crippen LogP contribution in [0.5, 0.6) is 0 Å². The molecule has 4 aliphatic rings. The van der Waals surface area contributed by atoms with Crippen molar-refractivity contribution in [2.75, 3.05) is 12.8 Å². The molecule has 0 radical (unpaired) electrons. The van der Waals surface area contributed by atoms with Crippen LogP contribution in [0.15, 0.2) is 41.5 Å². The van der Waals surface area contributed by atoms with Gasteiger partial charge in [0.2, 0.25) is 10.0 Å². The Labute approximate surface area is 279 Å². The average molecular weight is 657 g/mol. The zero-order valence-corrected chi connectivity index (χ0v) is 30.5. The maximum atomic E-state index is 13.6. The fourth-order valence-corrected chi connectivity index (χ4v) is 10.8. The monoisotopic (exact) mass is 656 g/mol. The Kier molecular flexibility index (Phi) is 10.7. The molecule has 2 heterocycles. The number of nitrogens with zero attached hydrogens (tertiary/aromatic N) is 1. The summed E-state index contributed by atoms with van der Waals surface area (Å²) >= 11 is 0. The van der Waals surface area contributed by atoms with Crippen LogP contribution in [0, 0.1) is 35.0 Å². The summed E-state index contributed by atoms with van der Waals surface area (Å²) < 4.78 is 40.1. The lowest BCUT2D eigenvalue weighted by atomic mass is 9.57. The van der Waals surface area contributed by atoms with E-state index >= 15 is 0 Å². The fourth-order valence-electron chi connectivity index (χ4n) is 9.97. The summed E-state index contributed by atoms with van der Waals surface area (Å²) in [4.78, 5) is 15.6. The zero-order valence-electron chi connectivity index (χ0n) is 29.7. The number of benzene rings is 1. The lowest BCUT2D eigenvalue weighted by molar-refractivity contribution is -0.0635. The van der Waals surface area contributed by atoms with Crippen LogP contribution < -0.4 is 4.72 Å². The number of sulfonamides is 1. The number of rotatable bonds is 9. The molecule has 2 saturated heterocycles. The standard InChI is InChI=1S/C38H60N2O5S/c1-9-13-31-22-32(39-46(8,42)43)17-18-37(31,7)27(4)21-33-26(3)16-19-38(28(33)5)29(6)35-34(45-38)20-25(2)23-40(35)36(41)44-24-30-14-11-10-12-15-30/h10-12,14-15,25-27,29,31-32,34-35,39H,9,13,16-24H2,1-8H3/t25-,26+,27+,29+,31+,32+,34+,35-,37+,38-/m0/s1. The molecule has 1 N–H and O–H groups in total. The number of nitrogens with one attached hydrogen (secondary N) is 1. The van der Waals surface area contributed by atoms with Crippen molar-refractivity contribution in [2.45, 2.75) is 137 Å². The predicted molar refractivity (Wildman–Crippen MR) is 185 cm³/mol. The molecule has 46 heavy (non-hydrogen) atoms. The van der Waals surface area contributed by atoms with Crippen molar-refractivity contribution in [3.8, 4) is 0 Å². The highest BCUT2D eigenvalue weighted by Crippen LogP contribution is 2.56. The highest BCUT2D eigenvalue weighted by molar-refractivity contribution is 7.88. The molecule has 1 aromatic rings. The molecular weight excluding hydrogens is 596 g/mol. The third-order valence-corrected chi connectivity index (χ3v) is 13.6. The average Bonchev–Trinajstić information content (AvgIpc) is 3.28. The summed E-state index contributed by atoms with van der Waals surface area (Å²) in [5.74, 6) is 1.97. The van der Waals surface area contributed by atoms with Crippen LogP contribution in [0.4, 0.5) is 4.79 Å². The van der Waals surface area contributed by atoms with Gasteiger partial charge in [0.25, 0.3) is 0 Å². The van der Waals surface area contributed by atoms with Crippen molar-refractivity contribution in [1.82, 2.24) is 9.62 Å². The number of ether oxygens (including phenoxy) is 2. The van der Waals surface area contributed by atoms with Gasteiger partial charge >= 0.3 is 6.09 Å². The minimum absolute atomic E-state index is 0.00516. The lowest BCUT2D eigenvalue weighted by Gasteiger charge is -2.50. The van der Waals surface area contributed by atoms with Crippen LogP contribution in [0.1, 0.15) is 112 Å². The maximum absolute atomic E-state index is 13.6. The Morgan fingerprint density at radius 3 is 2.52 bits per heavy atom. The molecular formula is C38H60N2O5S. The first-order valence-corrected chi connectivity index (χ1v) is 19.9. The van der Waals surface area contributed by atoms with E-state index in [1.54, 1.807) is 5.57 Å². The van der Waals surface area contributed by atoms with Crippen LogP contribution in [-0.2, 0) is 26.1 Å². The molecule has 2 aliphatic heterocycles. The Balaban J connectivity index is 1.36. The van der Waals surface area contributed by atoms with Crippen molar-refractivity contribution >= 4 is 16.1 Å². The van der Waals surface area contributed by atoms with E-state index in [1.807, 2.05) is 35.2 Å². The second kappa shape index (κ2) is 13.9. The molecule has 258 valence electrons. The molecule has 1 spiro atoms. The van der Waals surface area contributed by atoms with Gasteiger partial charge in [-0.25, -0.2) is 17.9 Å². The first kappa shape index (κ1) is 35.4. The number of piperidine rings is 1. The molecule has 8 heteroatoms. The van der Waals surface area contributed by atoms with Crippen molar-refractivity contribution in [3.63, 3.8) is 0 Å². The van der Waals surface area contributed by atoms with Gasteiger partial charge in [-0.2, -0.15) is 0 Å². The van der Waals surface area contributed by atoms with Gasteiger partial charge in [-0.05, 0) is 92.1 Å². The Hall–Kier alpha value is -1.90. The summed E-state index contributed by atoms with van der Waals surface area (Å²) in [5, 5.41) is 0. The van der Waals surface area contributed by atoms with Gasteiger partial charge in [0, 0.05) is 18.5 Å². The van der Waals surface area contributed by atoms with E-state index in [4.69, 9.17) is 9.47 Å². The van der Waals surface area contributed by atoms with Gasteiger partial charge in [-0.3, -0.25) is 0 Å². The van der Waals surface area contributed by atoms with Gasteiger partial charge in [-0.1, -0.05) is 90.3 Å². The number of carbonyl (C=O) groups is 1. The molecule has 2 aliphatic carbocycles. The van der Waals surface area contributed by atoms with E-state index in [-0.39, 0.29) is 47.8 Å². The Bertz CT molecular complexity index is 1360. The van der Waals surface area contributed by atoms with Crippen LogP contribution in [-0.4, -0.2) is 56.0 Å². The van der Waals surface area contributed by atoms with Crippen LogP contribution >= 0.6 is 0 Å². The quantitative estimate of drug-likeness (QED) is 0.272. The van der Waals surface area contributed by atoms with Crippen LogP contribution in [0.2, 0.25) is 0 Å². The van der Waals surface area contributed by atoms with Crippen LogP contribution in [0.3, 0.4) is 0 Å². The number of allylic oxidation sites excluding steroid dienone is 1. The molecule has 0 aromatic heterocycles. The second-order valence-electron chi connectivity index (χ2n) is 15.9. The summed E-state index contributed by atoms with van der Waals surface area (Å²) in [5.41, 5.74) is 3.73. The Morgan fingerprint density at radius 1 is 1.13 bits per heavy atom. The van der Waals surface area contributed by atoms with Gasteiger partial charge < -0.3 is 14.4 Å². The van der Waals surface area contributed by atoms with Crippen LogP contribution in [0.25, 0.3) is 0 Å². The van der Waals surface area contributed by atoms with E-state index < -0.39 is 10.0 Å². The summed E-state index contributed by atoms with van der Waals surface area (Å²) in [7, 11) is -3.22. The van der Waals surface area contributed by atoms with E-state index in [0.29, 0.717) is 30.2 Å². The smallest absolute Gasteiger partial charge is 0.410 e. The topological polar surface area (TPSA) is 84.9 Å². The maximum Gasteiger partial charge on any atom is 0.410 e. The van der Waals surface area contributed by atoms with Gasteiger partial charge in [0.05, 0.1) is 24.0 Å². The molecule has 0 unspecified atom stereocenters. The highest BCUT2D eigenvalue weighted by Gasteiger charge is 2.59. The SMILES string of the molecule is CCC[C@@H]1C[C@H](NS(C)(=O)=O)CC[C@]1(C)[C@H](C)CC1=C(C)[C@]2(CC[C@H]1C)O[C@@H]1C[C@H](C)CN(C(=O)OCc3ccccc3)[C@H]1[C@H]2C.